The van der Waals surface area contributed by atoms with E-state index in [0.29, 0.717) is 0 Å². The number of rotatable bonds is 4. The summed E-state index contributed by atoms with van der Waals surface area (Å²) < 4.78 is 0. The van der Waals surface area contributed by atoms with Crippen LogP contribution in [-0.2, 0) is 0 Å². The molecule has 0 N–H and O–H groups in total. The second kappa shape index (κ2) is 13.1. The summed E-state index contributed by atoms with van der Waals surface area (Å²) in [5.74, 6) is 0. The molecule has 49 heavy (non-hydrogen) atoms. The molecule has 7 aromatic rings. The Kier molecular flexibility index (Phi) is 8.23. The van der Waals surface area contributed by atoms with Crippen molar-refractivity contribution >= 4 is 73.7 Å². The fourth-order valence-corrected chi connectivity index (χ4v) is 6.69. The predicted octanol–water partition coefficient (Wildman–Crippen LogP) is 10.2. The smallest absolute Gasteiger partial charge is 0.657 e. The maximum Gasteiger partial charge on any atom is 2.00 e. The molecule has 4 nitrogen and oxygen atoms in total. The summed E-state index contributed by atoms with van der Waals surface area (Å²) in [4.78, 5) is 21.2. The molecular weight excluding hydrogens is 792 g/mol. The molecule has 228 valence electrons. The van der Waals surface area contributed by atoms with Gasteiger partial charge >= 0.3 is 27.3 Å². The van der Waals surface area contributed by atoms with Gasteiger partial charge in [-0.3, -0.25) is 0 Å². The third-order valence-corrected chi connectivity index (χ3v) is 8.86. The van der Waals surface area contributed by atoms with E-state index in [0.717, 1.165) is 89.4 Å². The molecule has 2 aliphatic rings. The van der Waals surface area contributed by atoms with Crippen LogP contribution in [-0.4, -0.2) is 37.3 Å². The molecule has 2 radical (unpaired) electrons. The minimum Gasteiger partial charge on any atom is -0.657 e. The number of nitrogens with zero attached hydrogens (tertiary/aromatic N) is 4. The van der Waals surface area contributed by atoms with Gasteiger partial charge in [0.1, 0.15) is 0 Å². The Balaban J connectivity index is 0.00000348. The summed E-state index contributed by atoms with van der Waals surface area (Å²) in [7, 11) is 0. The molecule has 0 amide bonds. The predicted molar refractivity (Wildman–Crippen MR) is 204 cm³/mol. The molecule has 2 aliphatic heterocycles. The zero-order valence-electron chi connectivity index (χ0n) is 26.5. The van der Waals surface area contributed by atoms with Gasteiger partial charge in [0, 0.05) is 0 Å². The molecule has 0 fully saturated rings. The summed E-state index contributed by atoms with van der Waals surface area (Å²) in [6, 6.07) is 50.0. The van der Waals surface area contributed by atoms with E-state index >= 15 is 0 Å². The van der Waals surface area contributed by atoms with Gasteiger partial charge in [0.05, 0.1) is 22.8 Å². The minimum atomic E-state index is 0. The van der Waals surface area contributed by atoms with Crippen molar-refractivity contribution in [2.45, 2.75) is 0 Å². The van der Waals surface area contributed by atoms with Gasteiger partial charge in [-0.05, 0) is 68.8 Å². The first-order chi connectivity index (χ1) is 23.8. The van der Waals surface area contributed by atoms with Gasteiger partial charge in [-0.15, -0.1) is 22.1 Å². The minimum absolute atomic E-state index is 0. The summed E-state index contributed by atoms with van der Waals surface area (Å²) >= 11 is 0. The Bertz CT molecular complexity index is 2180. The van der Waals surface area contributed by atoms with Crippen molar-refractivity contribution in [3.05, 3.63) is 168 Å². The van der Waals surface area contributed by atoms with Gasteiger partial charge in [-0.2, -0.15) is 0 Å². The van der Waals surface area contributed by atoms with Crippen molar-refractivity contribution in [2.24, 2.45) is 0 Å². The molecule has 9 rings (SSSR count). The van der Waals surface area contributed by atoms with Gasteiger partial charge in [0.25, 0.3) is 0 Å². The molecule has 0 spiro atoms. The monoisotopic (exact) mass is 820 g/mol. The molecule has 4 aromatic carbocycles. The first-order valence-corrected chi connectivity index (χ1v) is 16.1. The van der Waals surface area contributed by atoms with Crippen molar-refractivity contribution in [2.75, 3.05) is 0 Å². The van der Waals surface area contributed by atoms with Crippen molar-refractivity contribution in [3.8, 4) is 44.5 Å². The van der Waals surface area contributed by atoms with E-state index in [2.05, 4.69) is 146 Å². The second-order valence-electron chi connectivity index (χ2n) is 11.8. The number of hydrogen-bond donors (Lipinski definition) is 0. The van der Waals surface area contributed by atoms with E-state index in [1.54, 1.807) is 0 Å². The first kappa shape index (κ1) is 30.7. The molecule has 0 saturated carbocycles. The van der Waals surface area contributed by atoms with Gasteiger partial charge in [-0.25, -0.2) is 9.97 Å². The maximum absolute atomic E-state index is 5.31. The van der Waals surface area contributed by atoms with Crippen LogP contribution in [0.1, 0.15) is 22.8 Å². The van der Waals surface area contributed by atoms with Crippen LogP contribution < -0.4 is 9.97 Å². The van der Waals surface area contributed by atoms with Crippen LogP contribution in [0.3, 0.4) is 0 Å². The van der Waals surface area contributed by atoms with E-state index < -0.39 is 0 Å². The summed E-state index contributed by atoms with van der Waals surface area (Å²) in [5, 5.41) is 0. The molecule has 0 aliphatic carbocycles. The number of hydrogen-bond acceptors (Lipinski definition) is 2. The quantitative estimate of drug-likeness (QED) is 0.166. The van der Waals surface area contributed by atoms with Crippen LogP contribution >= 0.6 is 0 Å². The van der Waals surface area contributed by atoms with Gasteiger partial charge < -0.3 is 9.97 Å². The topological polar surface area (TPSA) is 54.0 Å². The number of aromatic nitrogens is 4. The van der Waals surface area contributed by atoms with Crippen LogP contribution in [0, 0.1) is 0 Å². The second-order valence-corrected chi connectivity index (χ2v) is 11.8. The molecule has 0 saturated heterocycles. The number of fused-ring (bicyclic) bond motifs is 8. The van der Waals surface area contributed by atoms with E-state index in [9.17, 15) is 0 Å². The van der Waals surface area contributed by atoms with Crippen molar-refractivity contribution in [1.29, 1.82) is 0 Å². The van der Waals surface area contributed by atoms with Crippen molar-refractivity contribution in [3.63, 3.8) is 0 Å². The summed E-state index contributed by atoms with van der Waals surface area (Å²) in [6.07, 6.45) is 8.41. The molecule has 5 heteroatoms. The van der Waals surface area contributed by atoms with Crippen LogP contribution in [0.2, 0.25) is 0 Å². The van der Waals surface area contributed by atoms with Crippen LogP contribution in [0.25, 0.3) is 90.9 Å². The number of benzene rings is 4. The summed E-state index contributed by atoms with van der Waals surface area (Å²) in [6.45, 7) is 0. The van der Waals surface area contributed by atoms with E-state index in [1.165, 1.54) is 0 Å². The fraction of sp³-hybridized carbons (Fsp3) is 0. The van der Waals surface area contributed by atoms with Crippen LogP contribution in [0.5, 0.6) is 0 Å². The van der Waals surface area contributed by atoms with Crippen molar-refractivity contribution < 1.29 is 0 Å². The molecule has 0 atom stereocenters. The Morgan fingerprint density at radius 1 is 0.286 bits per heavy atom. The standard InChI is InChI=1S/C44H28N4.Pb/c1-5-13-29(14-6-1)41-33-21-23-35(45-33)42(30-15-7-2-8-16-30)37-25-27-39(47-37)44(32-19-11-4-12-20-32)40-28-26-38(48-40)43(31-17-9-3-10-18-31)36-24-22-34(41)46-36;/h1-28H;/q-2;+2. The molecule has 0 unspecified atom stereocenters. The SMILES string of the molecule is C1=Cc2nc1c(-c1ccccc1)c1ccc([n-]1)c(-c1ccccc1)c1nc(c(-c3ccccc3)c3ccc([n-]3)c2-c2ccccc2)C=C1.[Pb+2]. The molecule has 5 heterocycles. The first-order valence-electron chi connectivity index (χ1n) is 16.1. The average Bonchev–Trinajstić information content (AvgIpc) is 3.98. The average molecular weight is 820 g/mol. The normalized spacial score (nSPS) is 11.8. The van der Waals surface area contributed by atoms with E-state index in [-0.39, 0.29) is 27.3 Å². The van der Waals surface area contributed by atoms with E-state index in [1.807, 2.05) is 24.3 Å². The zero-order valence-corrected chi connectivity index (χ0v) is 30.3. The third kappa shape index (κ3) is 5.68. The zero-order chi connectivity index (χ0) is 31.9. The Hall–Kier alpha value is -5.60. The van der Waals surface area contributed by atoms with Gasteiger partial charge in [-0.1, -0.05) is 146 Å². The summed E-state index contributed by atoms with van der Waals surface area (Å²) in [5.41, 5.74) is 15.0. The third-order valence-electron chi connectivity index (χ3n) is 8.86. The molecule has 8 bridgehead atoms. The largest absolute Gasteiger partial charge is 2.00 e. The molecular formula is C44H28N4Pb. The molecule has 3 aromatic heterocycles. The van der Waals surface area contributed by atoms with Gasteiger partial charge in [0.15, 0.2) is 0 Å². The Morgan fingerprint density at radius 3 is 0.735 bits per heavy atom. The van der Waals surface area contributed by atoms with Crippen molar-refractivity contribution in [1.82, 2.24) is 19.9 Å². The van der Waals surface area contributed by atoms with Crippen LogP contribution in [0.4, 0.5) is 0 Å². The van der Waals surface area contributed by atoms with Gasteiger partial charge in [0.2, 0.25) is 0 Å². The van der Waals surface area contributed by atoms with Crippen LogP contribution in [0.15, 0.2) is 146 Å². The Labute approximate surface area is 304 Å². The Morgan fingerprint density at radius 2 is 0.510 bits per heavy atom. The maximum atomic E-state index is 5.31. The fourth-order valence-electron chi connectivity index (χ4n) is 6.69. The van der Waals surface area contributed by atoms with E-state index in [4.69, 9.17) is 19.9 Å².